The second-order valence-electron chi connectivity index (χ2n) is 4.28. The molecule has 2 nitrogen and oxygen atoms in total. The Morgan fingerprint density at radius 2 is 1.50 bits per heavy atom. The summed E-state index contributed by atoms with van der Waals surface area (Å²) in [5.41, 5.74) is 3.55. The van der Waals surface area contributed by atoms with E-state index in [0.29, 0.717) is 5.02 Å². The smallest absolute Gasteiger partial charge is 0.111 e. The van der Waals surface area contributed by atoms with E-state index in [0.717, 1.165) is 31.5 Å². The summed E-state index contributed by atoms with van der Waals surface area (Å²) in [5.74, 6) is 0. The highest BCUT2D eigenvalue weighted by Crippen LogP contribution is 2.35. The molecular formula is C15H9Br2ClN2. The molecule has 0 spiro atoms. The van der Waals surface area contributed by atoms with Gasteiger partial charge in [-0.1, -0.05) is 67.7 Å². The molecule has 3 aromatic rings. The van der Waals surface area contributed by atoms with Gasteiger partial charge in [0, 0.05) is 20.1 Å². The Balaban J connectivity index is 2.09. The van der Waals surface area contributed by atoms with Gasteiger partial charge in [-0.05, 0) is 24.3 Å². The first kappa shape index (κ1) is 13.9. The van der Waals surface area contributed by atoms with E-state index in [9.17, 15) is 0 Å². The number of rotatable bonds is 2. The Morgan fingerprint density at radius 1 is 0.900 bits per heavy atom. The van der Waals surface area contributed by atoms with Gasteiger partial charge in [-0.15, -0.1) is 0 Å². The minimum Gasteiger partial charge on any atom is -0.276 e. The Labute approximate surface area is 138 Å². The summed E-state index contributed by atoms with van der Waals surface area (Å²) in [6.45, 7) is 0. The van der Waals surface area contributed by atoms with Crippen molar-refractivity contribution in [1.82, 2.24) is 10.2 Å². The second-order valence-corrected chi connectivity index (χ2v) is 6.49. The first-order chi connectivity index (χ1) is 9.65. The third-order valence-corrected chi connectivity index (χ3v) is 4.27. The number of aromatic amines is 1. The van der Waals surface area contributed by atoms with Crippen molar-refractivity contribution in [3.8, 4) is 22.5 Å². The van der Waals surface area contributed by atoms with Crippen LogP contribution in [-0.2, 0) is 0 Å². The lowest BCUT2D eigenvalue weighted by molar-refractivity contribution is 1.10. The molecule has 1 N–H and O–H groups in total. The molecule has 0 fully saturated rings. The van der Waals surface area contributed by atoms with E-state index in [-0.39, 0.29) is 0 Å². The van der Waals surface area contributed by atoms with Crippen LogP contribution in [0.25, 0.3) is 22.5 Å². The van der Waals surface area contributed by atoms with Crippen LogP contribution in [-0.4, -0.2) is 10.2 Å². The summed E-state index contributed by atoms with van der Waals surface area (Å²) in [5, 5.41) is 7.98. The molecule has 3 rings (SSSR count). The number of hydrogen-bond donors (Lipinski definition) is 1. The molecule has 1 heterocycles. The van der Waals surface area contributed by atoms with Crippen LogP contribution >= 0.6 is 43.5 Å². The Kier molecular flexibility index (Phi) is 3.96. The number of H-pyrrole nitrogens is 1. The summed E-state index contributed by atoms with van der Waals surface area (Å²) in [6.07, 6.45) is 0. The number of halogens is 3. The maximum Gasteiger partial charge on any atom is 0.111 e. The quantitative estimate of drug-likeness (QED) is 0.556. The molecule has 0 radical (unpaired) electrons. The van der Waals surface area contributed by atoms with Crippen LogP contribution in [0.4, 0.5) is 0 Å². The van der Waals surface area contributed by atoms with Crippen molar-refractivity contribution < 1.29 is 0 Å². The molecule has 1 aromatic heterocycles. The molecular weight excluding hydrogens is 403 g/mol. The fraction of sp³-hybridized carbons (Fsp3) is 0. The molecule has 0 saturated carbocycles. The zero-order chi connectivity index (χ0) is 14.1. The lowest BCUT2D eigenvalue weighted by atomic mass is 10.1. The average molecular weight is 413 g/mol. The topological polar surface area (TPSA) is 28.7 Å². The molecule has 0 aliphatic carbocycles. The number of benzene rings is 2. The largest absolute Gasteiger partial charge is 0.276 e. The van der Waals surface area contributed by atoms with Gasteiger partial charge in [0.2, 0.25) is 0 Å². The zero-order valence-electron chi connectivity index (χ0n) is 10.2. The van der Waals surface area contributed by atoms with Crippen molar-refractivity contribution in [1.29, 1.82) is 0 Å². The monoisotopic (exact) mass is 410 g/mol. The minimum atomic E-state index is 0.626. The minimum absolute atomic E-state index is 0.626. The first-order valence-corrected chi connectivity index (χ1v) is 7.87. The normalized spacial score (nSPS) is 10.8. The second kappa shape index (κ2) is 5.72. The predicted octanol–water partition coefficient (Wildman–Crippen LogP) is 5.92. The van der Waals surface area contributed by atoms with Crippen molar-refractivity contribution in [2.24, 2.45) is 0 Å². The van der Waals surface area contributed by atoms with Crippen LogP contribution in [0.2, 0.25) is 5.02 Å². The number of nitrogens with zero attached hydrogens (tertiary/aromatic N) is 1. The molecule has 0 unspecified atom stereocenters. The van der Waals surface area contributed by atoms with Crippen LogP contribution in [0, 0.1) is 0 Å². The van der Waals surface area contributed by atoms with Crippen molar-refractivity contribution >= 4 is 43.5 Å². The van der Waals surface area contributed by atoms with Gasteiger partial charge >= 0.3 is 0 Å². The van der Waals surface area contributed by atoms with E-state index in [4.69, 9.17) is 11.6 Å². The number of nitrogens with one attached hydrogen (secondary N) is 1. The fourth-order valence-electron chi connectivity index (χ4n) is 1.99. The van der Waals surface area contributed by atoms with Crippen LogP contribution in [0.1, 0.15) is 0 Å². The summed E-state index contributed by atoms with van der Waals surface area (Å²) in [6, 6.07) is 15.9. The van der Waals surface area contributed by atoms with Crippen LogP contribution < -0.4 is 0 Å². The SMILES string of the molecule is Clc1c(-c2cccc(Br)c2)n[nH]c1-c1cccc(Br)c1. The summed E-state index contributed by atoms with van der Waals surface area (Å²) in [7, 11) is 0. The van der Waals surface area contributed by atoms with Crippen LogP contribution in [0.5, 0.6) is 0 Å². The highest BCUT2D eigenvalue weighted by Gasteiger charge is 2.14. The Hall–Kier alpha value is -1.10. The molecule has 0 aliphatic rings. The summed E-state index contributed by atoms with van der Waals surface area (Å²) >= 11 is 13.4. The maximum atomic E-state index is 6.47. The van der Waals surface area contributed by atoms with E-state index in [2.05, 4.69) is 42.1 Å². The highest BCUT2D eigenvalue weighted by molar-refractivity contribution is 9.10. The third kappa shape index (κ3) is 2.68. The Bertz CT molecular complexity index is 705. The van der Waals surface area contributed by atoms with Gasteiger partial charge in [-0.2, -0.15) is 5.10 Å². The van der Waals surface area contributed by atoms with Gasteiger partial charge in [0.25, 0.3) is 0 Å². The molecule has 2 aromatic carbocycles. The molecule has 5 heteroatoms. The fourth-order valence-corrected chi connectivity index (χ4v) is 3.09. The first-order valence-electron chi connectivity index (χ1n) is 5.91. The summed E-state index contributed by atoms with van der Waals surface area (Å²) < 4.78 is 2.00. The van der Waals surface area contributed by atoms with Crippen molar-refractivity contribution in [3.05, 3.63) is 62.5 Å². The van der Waals surface area contributed by atoms with E-state index in [1.54, 1.807) is 0 Å². The van der Waals surface area contributed by atoms with E-state index in [1.807, 2.05) is 48.5 Å². The number of hydrogen-bond acceptors (Lipinski definition) is 1. The molecule has 100 valence electrons. The van der Waals surface area contributed by atoms with Crippen LogP contribution in [0.15, 0.2) is 57.5 Å². The van der Waals surface area contributed by atoms with E-state index >= 15 is 0 Å². The lowest BCUT2D eigenvalue weighted by Gasteiger charge is -2.01. The van der Waals surface area contributed by atoms with Gasteiger partial charge < -0.3 is 0 Å². The average Bonchev–Trinajstić information content (AvgIpc) is 2.80. The van der Waals surface area contributed by atoms with Gasteiger partial charge in [0.15, 0.2) is 0 Å². The molecule has 0 amide bonds. The van der Waals surface area contributed by atoms with Gasteiger partial charge in [0.05, 0.1) is 10.7 Å². The Morgan fingerprint density at radius 3 is 2.15 bits per heavy atom. The summed E-state index contributed by atoms with van der Waals surface area (Å²) in [4.78, 5) is 0. The van der Waals surface area contributed by atoms with E-state index < -0.39 is 0 Å². The lowest BCUT2D eigenvalue weighted by Crippen LogP contribution is -1.79. The van der Waals surface area contributed by atoms with Crippen molar-refractivity contribution in [3.63, 3.8) is 0 Å². The molecule has 0 saturated heterocycles. The molecule has 20 heavy (non-hydrogen) atoms. The van der Waals surface area contributed by atoms with E-state index in [1.165, 1.54) is 0 Å². The third-order valence-electron chi connectivity index (χ3n) is 2.92. The predicted molar refractivity (Wildman–Crippen MR) is 89.9 cm³/mol. The molecule has 0 bridgehead atoms. The van der Waals surface area contributed by atoms with Gasteiger partial charge in [0.1, 0.15) is 5.69 Å². The highest BCUT2D eigenvalue weighted by atomic mass is 79.9. The van der Waals surface area contributed by atoms with Gasteiger partial charge in [-0.25, -0.2) is 0 Å². The van der Waals surface area contributed by atoms with Crippen molar-refractivity contribution in [2.75, 3.05) is 0 Å². The number of aromatic nitrogens is 2. The molecule has 0 atom stereocenters. The van der Waals surface area contributed by atoms with Crippen LogP contribution in [0.3, 0.4) is 0 Å². The van der Waals surface area contributed by atoms with Crippen molar-refractivity contribution in [2.45, 2.75) is 0 Å². The zero-order valence-corrected chi connectivity index (χ0v) is 14.1. The maximum absolute atomic E-state index is 6.47. The standard InChI is InChI=1S/C15H9Br2ClN2/c16-11-5-1-3-9(7-11)14-13(18)15(20-19-14)10-4-2-6-12(17)8-10/h1-8H,(H,19,20). The molecule has 0 aliphatic heterocycles. The van der Waals surface area contributed by atoms with Gasteiger partial charge in [-0.3, -0.25) is 5.10 Å².